The molecule has 0 aliphatic heterocycles. The lowest BCUT2D eigenvalue weighted by molar-refractivity contribution is -0.119. The monoisotopic (exact) mass is 408 g/mol. The number of nitrogens with zero attached hydrogens (tertiary/aromatic N) is 3. The number of benzene rings is 2. The number of aryl methyl sites for hydroxylation is 3. The highest BCUT2D eigenvalue weighted by Crippen LogP contribution is 2.36. The molecule has 4 rings (SSSR count). The predicted octanol–water partition coefficient (Wildman–Crippen LogP) is 3.79. The highest BCUT2D eigenvalue weighted by molar-refractivity contribution is 7.99. The third-order valence-electron chi connectivity index (χ3n) is 5.31. The number of carbonyl (C=O) groups is 1. The Bertz CT molecular complexity index is 1080. The fourth-order valence-electron chi connectivity index (χ4n) is 3.83. The van der Waals surface area contributed by atoms with Gasteiger partial charge in [-0.15, -0.1) is 10.2 Å². The van der Waals surface area contributed by atoms with Crippen LogP contribution in [0.25, 0.3) is 5.69 Å². The van der Waals surface area contributed by atoms with Gasteiger partial charge in [-0.05, 0) is 68.0 Å². The molecule has 1 aliphatic rings. The second-order valence-corrected chi connectivity index (χ2v) is 8.39. The van der Waals surface area contributed by atoms with E-state index in [9.17, 15) is 9.90 Å². The highest BCUT2D eigenvalue weighted by atomic mass is 32.2. The van der Waals surface area contributed by atoms with Crippen molar-refractivity contribution in [1.82, 2.24) is 20.1 Å². The van der Waals surface area contributed by atoms with E-state index in [-0.39, 0.29) is 17.7 Å². The second-order valence-electron chi connectivity index (χ2n) is 7.45. The summed E-state index contributed by atoms with van der Waals surface area (Å²) >= 11 is 1.38. The van der Waals surface area contributed by atoms with E-state index in [0.29, 0.717) is 10.9 Å². The van der Waals surface area contributed by atoms with E-state index in [4.69, 9.17) is 0 Å². The molecule has 7 heteroatoms. The van der Waals surface area contributed by atoms with Crippen LogP contribution in [0.1, 0.15) is 40.5 Å². The standard InChI is InChI=1S/C22H24N4O2S/c1-13-7-8-14(2)19(11-13)26-15(3)24-25-22(26)29-12-21(28)23-18-10-9-17-16(18)5-4-6-20(17)27/h4-8,11,18,27H,9-10,12H2,1-3H3,(H,23,28). The number of rotatable bonds is 5. The summed E-state index contributed by atoms with van der Waals surface area (Å²) in [5.74, 6) is 1.31. The van der Waals surface area contributed by atoms with Crippen LogP contribution in [0.15, 0.2) is 41.6 Å². The fraction of sp³-hybridized carbons (Fsp3) is 0.318. The Morgan fingerprint density at radius 1 is 1.24 bits per heavy atom. The Hall–Kier alpha value is -2.80. The number of phenols is 1. The SMILES string of the molecule is Cc1ccc(C)c(-n2c(C)nnc2SCC(=O)NC2CCc3c(O)cccc32)c1. The average molecular weight is 409 g/mol. The van der Waals surface area contributed by atoms with Gasteiger partial charge in [0.1, 0.15) is 11.6 Å². The van der Waals surface area contributed by atoms with Crippen molar-refractivity contribution in [2.75, 3.05) is 5.75 Å². The Morgan fingerprint density at radius 2 is 2.07 bits per heavy atom. The van der Waals surface area contributed by atoms with Crippen LogP contribution in [-0.4, -0.2) is 31.5 Å². The van der Waals surface area contributed by atoms with Gasteiger partial charge in [-0.3, -0.25) is 9.36 Å². The van der Waals surface area contributed by atoms with Gasteiger partial charge in [-0.1, -0.05) is 36.0 Å². The van der Waals surface area contributed by atoms with E-state index in [1.807, 2.05) is 23.6 Å². The summed E-state index contributed by atoms with van der Waals surface area (Å²) in [5.41, 5.74) is 5.28. The summed E-state index contributed by atoms with van der Waals surface area (Å²) in [6.45, 7) is 6.03. The largest absolute Gasteiger partial charge is 0.508 e. The van der Waals surface area contributed by atoms with Gasteiger partial charge in [0.25, 0.3) is 0 Å². The zero-order valence-electron chi connectivity index (χ0n) is 16.8. The average Bonchev–Trinajstić information content (AvgIpc) is 3.27. The summed E-state index contributed by atoms with van der Waals surface area (Å²) in [7, 11) is 0. The molecule has 29 heavy (non-hydrogen) atoms. The summed E-state index contributed by atoms with van der Waals surface area (Å²) in [6.07, 6.45) is 1.58. The molecular formula is C22H24N4O2S. The highest BCUT2D eigenvalue weighted by Gasteiger charge is 2.26. The van der Waals surface area contributed by atoms with Crippen molar-refractivity contribution >= 4 is 17.7 Å². The Labute approximate surface area is 174 Å². The molecule has 1 amide bonds. The molecular weight excluding hydrogens is 384 g/mol. The van der Waals surface area contributed by atoms with E-state index in [0.717, 1.165) is 46.6 Å². The smallest absolute Gasteiger partial charge is 0.230 e. The number of amides is 1. The van der Waals surface area contributed by atoms with E-state index >= 15 is 0 Å². The summed E-state index contributed by atoms with van der Waals surface area (Å²) in [4.78, 5) is 12.6. The molecule has 0 saturated heterocycles. The van der Waals surface area contributed by atoms with Crippen LogP contribution < -0.4 is 5.32 Å². The van der Waals surface area contributed by atoms with Gasteiger partial charge < -0.3 is 10.4 Å². The molecule has 0 spiro atoms. The lowest BCUT2D eigenvalue weighted by Crippen LogP contribution is -2.28. The molecule has 1 aromatic heterocycles. The van der Waals surface area contributed by atoms with Gasteiger partial charge >= 0.3 is 0 Å². The molecule has 1 atom stereocenters. The minimum absolute atomic E-state index is 0.0515. The Kier molecular flexibility index (Phi) is 5.32. The van der Waals surface area contributed by atoms with Gasteiger partial charge in [0, 0.05) is 0 Å². The first-order valence-corrected chi connectivity index (χ1v) is 10.6. The van der Waals surface area contributed by atoms with Crippen LogP contribution in [-0.2, 0) is 11.2 Å². The molecule has 2 N–H and O–H groups in total. The molecule has 1 aliphatic carbocycles. The summed E-state index contributed by atoms with van der Waals surface area (Å²) in [6, 6.07) is 11.7. The van der Waals surface area contributed by atoms with Crippen molar-refractivity contribution in [2.24, 2.45) is 0 Å². The molecule has 6 nitrogen and oxygen atoms in total. The van der Waals surface area contributed by atoms with Crippen LogP contribution in [0.2, 0.25) is 0 Å². The maximum Gasteiger partial charge on any atom is 0.230 e. The van der Waals surface area contributed by atoms with Crippen molar-refractivity contribution in [2.45, 2.75) is 44.8 Å². The molecule has 1 heterocycles. The second kappa shape index (κ2) is 7.91. The van der Waals surface area contributed by atoms with Crippen molar-refractivity contribution in [1.29, 1.82) is 0 Å². The predicted molar refractivity (Wildman–Crippen MR) is 114 cm³/mol. The van der Waals surface area contributed by atoms with Crippen LogP contribution in [0.4, 0.5) is 0 Å². The molecule has 0 radical (unpaired) electrons. The first-order chi connectivity index (χ1) is 13.9. The van der Waals surface area contributed by atoms with Crippen molar-refractivity contribution in [3.05, 3.63) is 64.5 Å². The number of hydrogen-bond donors (Lipinski definition) is 2. The molecule has 0 saturated carbocycles. The number of carbonyl (C=O) groups excluding carboxylic acids is 1. The minimum Gasteiger partial charge on any atom is -0.508 e. The Morgan fingerprint density at radius 3 is 2.90 bits per heavy atom. The zero-order valence-corrected chi connectivity index (χ0v) is 17.6. The molecule has 3 aromatic rings. The van der Waals surface area contributed by atoms with Crippen LogP contribution in [0, 0.1) is 20.8 Å². The van der Waals surface area contributed by atoms with Crippen molar-refractivity contribution in [3.63, 3.8) is 0 Å². The molecule has 150 valence electrons. The molecule has 0 fully saturated rings. The quantitative estimate of drug-likeness (QED) is 0.628. The first-order valence-electron chi connectivity index (χ1n) is 9.66. The van der Waals surface area contributed by atoms with Crippen molar-refractivity contribution < 1.29 is 9.90 Å². The minimum atomic E-state index is -0.0520. The van der Waals surface area contributed by atoms with Crippen LogP contribution >= 0.6 is 11.8 Å². The normalized spacial score (nSPS) is 15.3. The zero-order chi connectivity index (χ0) is 20.5. The number of phenolic OH excluding ortho intramolecular Hbond substituents is 1. The lowest BCUT2D eigenvalue weighted by Gasteiger charge is -2.15. The topological polar surface area (TPSA) is 80.0 Å². The maximum absolute atomic E-state index is 12.6. The fourth-order valence-corrected chi connectivity index (χ4v) is 4.63. The lowest BCUT2D eigenvalue weighted by atomic mass is 10.1. The van der Waals surface area contributed by atoms with Crippen LogP contribution in [0.5, 0.6) is 5.75 Å². The number of nitrogens with one attached hydrogen (secondary N) is 1. The number of hydrogen-bond acceptors (Lipinski definition) is 5. The van der Waals surface area contributed by atoms with E-state index < -0.39 is 0 Å². The van der Waals surface area contributed by atoms with Gasteiger partial charge in [-0.25, -0.2) is 0 Å². The maximum atomic E-state index is 12.6. The molecule has 0 bridgehead atoms. The van der Waals surface area contributed by atoms with E-state index in [2.05, 4.69) is 47.6 Å². The summed E-state index contributed by atoms with van der Waals surface area (Å²) in [5, 5.41) is 22.3. The third-order valence-corrected chi connectivity index (χ3v) is 6.24. The number of fused-ring (bicyclic) bond motifs is 1. The van der Waals surface area contributed by atoms with Gasteiger partial charge in [-0.2, -0.15) is 0 Å². The van der Waals surface area contributed by atoms with Crippen LogP contribution in [0.3, 0.4) is 0 Å². The number of aromatic hydroxyl groups is 1. The number of aromatic nitrogens is 3. The molecule has 1 unspecified atom stereocenters. The van der Waals surface area contributed by atoms with Crippen molar-refractivity contribution in [3.8, 4) is 11.4 Å². The summed E-state index contributed by atoms with van der Waals surface area (Å²) < 4.78 is 2.00. The first kappa shape index (κ1) is 19.5. The Balaban J connectivity index is 1.46. The van der Waals surface area contributed by atoms with Gasteiger partial charge in [0.2, 0.25) is 5.91 Å². The number of thioether (sulfide) groups is 1. The van der Waals surface area contributed by atoms with E-state index in [1.54, 1.807) is 6.07 Å². The third kappa shape index (κ3) is 3.87. The van der Waals surface area contributed by atoms with E-state index in [1.165, 1.54) is 11.8 Å². The molecule has 2 aromatic carbocycles. The van der Waals surface area contributed by atoms with Gasteiger partial charge in [0.15, 0.2) is 5.16 Å². The van der Waals surface area contributed by atoms with Gasteiger partial charge in [0.05, 0.1) is 17.5 Å².